The van der Waals surface area contributed by atoms with E-state index in [0.717, 1.165) is 6.42 Å². The summed E-state index contributed by atoms with van der Waals surface area (Å²) in [6.45, 7) is 0. The van der Waals surface area contributed by atoms with Crippen molar-refractivity contribution in [3.63, 3.8) is 0 Å². The highest BCUT2D eigenvalue weighted by Gasteiger charge is 2.03. The average Bonchev–Trinajstić information content (AvgIpc) is 2.59. The van der Waals surface area contributed by atoms with Crippen molar-refractivity contribution in [2.45, 2.75) is 6.42 Å². The van der Waals surface area contributed by atoms with Crippen molar-refractivity contribution in [1.29, 1.82) is 0 Å². The maximum atomic E-state index is 3.02. The van der Waals surface area contributed by atoms with Gasteiger partial charge in [-0.3, -0.25) is 0 Å². The number of benzene rings is 1. The summed E-state index contributed by atoms with van der Waals surface area (Å²) in [6.07, 6.45) is 9.80. The summed E-state index contributed by atoms with van der Waals surface area (Å²) in [6, 6.07) is 11.2. The smallest absolute Gasteiger partial charge is 0.000683 e. The van der Waals surface area contributed by atoms with E-state index in [2.05, 4.69) is 42.5 Å². The Morgan fingerprint density at radius 3 is 2.42 bits per heavy atom. The molecule has 0 amide bonds. The molecular formula is C12H11. The van der Waals surface area contributed by atoms with Crippen molar-refractivity contribution in [3.05, 3.63) is 60.2 Å². The van der Waals surface area contributed by atoms with Crippen LogP contribution in [0.3, 0.4) is 0 Å². The van der Waals surface area contributed by atoms with E-state index >= 15 is 0 Å². The molecule has 0 saturated carbocycles. The average molecular weight is 155 g/mol. The van der Waals surface area contributed by atoms with Crippen LogP contribution in [0.4, 0.5) is 0 Å². The summed E-state index contributed by atoms with van der Waals surface area (Å²) in [7, 11) is 0. The Kier molecular flexibility index (Phi) is 2.08. The molecule has 0 atom stereocenters. The zero-order chi connectivity index (χ0) is 8.23. The highest BCUT2D eigenvalue weighted by atomic mass is 14.1. The van der Waals surface area contributed by atoms with Gasteiger partial charge in [0.25, 0.3) is 0 Å². The van der Waals surface area contributed by atoms with Crippen molar-refractivity contribution in [2.24, 2.45) is 5.92 Å². The van der Waals surface area contributed by atoms with E-state index in [1.807, 2.05) is 12.1 Å². The molecule has 1 aromatic rings. The van der Waals surface area contributed by atoms with Crippen LogP contribution in [-0.2, 0) is 6.42 Å². The molecule has 0 heterocycles. The fraction of sp³-hybridized carbons (Fsp3) is 0.167. The molecular weight excluding hydrogens is 144 g/mol. The molecule has 59 valence electrons. The quantitative estimate of drug-likeness (QED) is 0.616. The molecule has 1 aliphatic carbocycles. The normalized spacial score (nSPS) is 15.7. The molecule has 1 aliphatic rings. The number of hydrogen-bond donors (Lipinski definition) is 0. The molecule has 1 radical (unpaired) electrons. The maximum absolute atomic E-state index is 3.02. The predicted octanol–water partition coefficient (Wildman–Crippen LogP) is 2.77. The van der Waals surface area contributed by atoms with Gasteiger partial charge in [-0.15, -0.1) is 0 Å². The summed E-state index contributed by atoms with van der Waals surface area (Å²) in [5.41, 5.74) is 1.38. The van der Waals surface area contributed by atoms with Gasteiger partial charge in [0.1, 0.15) is 0 Å². The SMILES string of the molecule is [c]1ccc(CC2C=CC=C2)cc1. The molecule has 0 aliphatic heterocycles. The van der Waals surface area contributed by atoms with E-state index in [-0.39, 0.29) is 0 Å². The first kappa shape index (κ1) is 7.35. The van der Waals surface area contributed by atoms with Crippen LogP contribution in [0.1, 0.15) is 5.56 Å². The lowest BCUT2D eigenvalue weighted by molar-refractivity contribution is 0.816. The van der Waals surface area contributed by atoms with Gasteiger partial charge in [0.05, 0.1) is 0 Å². The van der Waals surface area contributed by atoms with Crippen molar-refractivity contribution in [2.75, 3.05) is 0 Å². The molecule has 0 saturated heterocycles. The lowest BCUT2D eigenvalue weighted by atomic mass is 10.0. The first-order valence-electron chi connectivity index (χ1n) is 4.25. The second-order valence-electron chi connectivity index (χ2n) is 3.05. The molecule has 2 rings (SSSR count). The minimum absolute atomic E-state index is 0.604. The van der Waals surface area contributed by atoms with Crippen LogP contribution in [0.5, 0.6) is 0 Å². The second-order valence-corrected chi connectivity index (χ2v) is 3.05. The second kappa shape index (κ2) is 3.40. The van der Waals surface area contributed by atoms with Gasteiger partial charge in [-0.05, 0) is 24.0 Å². The topological polar surface area (TPSA) is 0 Å². The largest absolute Gasteiger partial charge is 0.0773 e. The molecule has 0 unspecified atom stereocenters. The van der Waals surface area contributed by atoms with E-state index in [1.165, 1.54) is 5.56 Å². The third-order valence-corrected chi connectivity index (χ3v) is 2.09. The lowest BCUT2D eigenvalue weighted by Gasteiger charge is -2.03. The van der Waals surface area contributed by atoms with Crippen molar-refractivity contribution < 1.29 is 0 Å². The van der Waals surface area contributed by atoms with Gasteiger partial charge >= 0.3 is 0 Å². The van der Waals surface area contributed by atoms with Crippen LogP contribution in [0.25, 0.3) is 0 Å². The van der Waals surface area contributed by atoms with Gasteiger partial charge in [0.2, 0.25) is 0 Å². The van der Waals surface area contributed by atoms with Gasteiger partial charge in [-0.2, -0.15) is 0 Å². The summed E-state index contributed by atoms with van der Waals surface area (Å²) >= 11 is 0. The Balaban J connectivity index is 2.04. The third kappa shape index (κ3) is 1.65. The Morgan fingerprint density at radius 1 is 1.08 bits per heavy atom. The summed E-state index contributed by atoms with van der Waals surface area (Å²) in [5, 5.41) is 0. The van der Waals surface area contributed by atoms with E-state index in [0.29, 0.717) is 5.92 Å². The van der Waals surface area contributed by atoms with Crippen molar-refractivity contribution >= 4 is 0 Å². The molecule has 0 aromatic heterocycles. The number of allylic oxidation sites excluding steroid dienone is 4. The Labute approximate surface area is 73.2 Å². The van der Waals surface area contributed by atoms with Crippen LogP contribution < -0.4 is 0 Å². The van der Waals surface area contributed by atoms with Crippen molar-refractivity contribution in [3.8, 4) is 0 Å². The Bertz CT molecular complexity index is 281. The van der Waals surface area contributed by atoms with Gasteiger partial charge in [-0.25, -0.2) is 0 Å². The highest BCUT2D eigenvalue weighted by molar-refractivity contribution is 5.23. The first-order chi connectivity index (χ1) is 5.95. The Morgan fingerprint density at radius 2 is 1.75 bits per heavy atom. The summed E-state index contributed by atoms with van der Waals surface area (Å²) < 4.78 is 0. The van der Waals surface area contributed by atoms with E-state index in [1.54, 1.807) is 0 Å². The summed E-state index contributed by atoms with van der Waals surface area (Å²) in [4.78, 5) is 0. The van der Waals surface area contributed by atoms with E-state index < -0.39 is 0 Å². The van der Waals surface area contributed by atoms with Crippen LogP contribution >= 0.6 is 0 Å². The van der Waals surface area contributed by atoms with Crippen LogP contribution in [-0.4, -0.2) is 0 Å². The van der Waals surface area contributed by atoms with Gasteiger partial charge in [-0.1, -0.05) is 48.6 Å². The molecule has 12 heavy (non-hydrogen) atoms. The van der Waals surface area contributed by atoms with Crippen LogP contribution in [0, 0.1) is 12.0 Å². The minimum Gasteiger partial charge on any atom is -0.0773 e. The molecule has 0 fully saturated rings. The number of hydrogen-bond acceptors (Lipinski definition) is 0. The van der Waals surface area contributed by atoms with E-state index in [4.69, 9.17) is 0 Å². The van der Waals surface area contributed by atoms with Crippen LogP contribution in [0.2, 0.25) is 0 Å². The van der Waals surface area contributed by atoms with Crippen LogP contribution in [0.15, 0.2) is 48.6 Å². The van der Waals surface area contributed by atoms with Gasteiger partial charge in [0, 0.05) is 0 Å². The van der Waals surface area contributed by atoms with Gasteiger partial charge < -0.3 is 0 Å². The number of rotatable bonds is 2. The Hall–Kier alpha value is -1.30. The fourth-order valence-electron chi connectivity index (χ4n) is 1.44. The zero-order valence-corrected chi connectivity index (χ0v) is 6.90. The third-order valence-electron chi connectivity index (χ3n) is 2.09. The van der Waals surface area contributed by atoms with Gasteiger partial charge in [0.15, 0.2) is 0 Å². The standard InChI is InChI=1S/C12H11/c1-2-6-11(7-3-1)10-12-8-4-5-9-12/h2-9,12H,10H2. The monoisotopic (exact) mass is 155 g/mol. The molecule has 0 spiro atoms. The maximum Gasteiger partial charge on any atom is -0.000683 e. The molecule has 0 N–H and O–H groups in total. The molecule has 1 aromatic carbocycles. The molecule has 0 nitrogen and oxygen atoms in total. The molecule has 0 bridgehead atoms. The predicted molar refractivity (Wildman–Crippen MR) is 50.8 cm³/mol. The van der Waals surface area contributed by atoms with E-state index in [9.17, 15) is 0 Å². The van der Waals surface area contributed by atoms with Crippen molar-refractivity contribution in [1.82, 2.24) is 0 Å². The summed E-state index contributed by atoms with van der Waals surface area (Å²) in [5.74, 6) is 0.604. The first-order valence-corrected chi connectivity index (χ1v) is 4.25. The minimum atomic E-state index is 0.604. The fourth-order valence-corrected chi connectivity index (χ4v) is 1.44. The zero-order valence-electron chi connectivity index (χ0n) is 6.90. The highest BCUT2D eigenvalue weighted by Crippen LogP contribution is 2.14. The molecule has 0 heteroatoms. The lowest BCUT2D eigenvalue weighted by Crippen LogP contribution is -1.94.